The van der Waals surface area contributed by atoms with Crippen LogP contribution >= 0.6 is 0 Å². The fourth-order valence-electron chi connectivity index (χ4n) is 12.3. The Morgan fingerprint density at radius 1 is 0.681 bits per heavy atom. The van der Waals surface area contributed by atoms with Crippen molar-refractivity contribution in [1.82, 2.24) is 57.0 Å². The zero-order valence-corrected chi connectivity index (χ0v) is 52.7. The number of rotatable bonds is 9. The van der Waals surface area contributed by atoms with Crippen molar-refractivity contribution >= 4 is 80.9 Å². The molecule has 11 N–H and O–H groups in total. The van der Waals surface area contributed by atoms with Crippen molar-refractivity contribution in [2.75, 3.05) is 33.4 Å². The van der Waals surface area contributed by atoms with Gasteiger partial charge in [-0.3, -0.25) is 47.9 Å². The molecule has 6 aromatic rings. The summed E-state index contributed by atoms with van der Waals surface area (Å²) in [7, 11) is 1.48. The molecule has 27 heteroatoms. The Labute approximate surface area is 540 Å². The standard InChI is InChI=1S/C67H79F3N12O12/c1-5-49-61(87)78-54(28-39-11-17-45(93-4)18-12-39)65(91)82-25-8-23-67(82,3)66(92)80-52(59(71)85)27-38-13-19-46(20-14-38)94-26-24-72-57(83)9-6-7-10-58(84)75-37(2)60(86)77-53(29-40-34-73-50-21-15-42(68)31-47(40)50)62(88)79-55(30-41-35-74-51-22-16-43(69)32-48(41)51)64(90)81-36-44(70)33-56(81)63(89)76-49/h11-22,31-32,34-35,37,44,49,52-56,73-74H,5-10,23-30,33,36H2,1-4H3,(H2,71,85)(H,72,83)(H,75,84)(H,76,89)(H,77,86)(H,78,87)(H,79,88)(H,80,92)/t37-,44+,49+,52+,53+,54+,55+,56+,67+/m1/s1. The summed E-state index contributed by atoms with van der Waals surface area (Å²) < 4.78 is 56.9. The van der Waals surface area contributed by atoms with Gasteiger partial charge in [-0.25, -0.2) is 13.2 Å². The zero-order chi connectivity index (χ0) is 67.4. The molecule has 2 bridgehead atoms. The van der Waals surface area contributed by atoms with Gasteiger partial charge in [-0.15, -0.1) is 0 Å². The summed E-state index contributed by atoms with van der Waals surface area (Å²) in [5.74, 6) is -7.89. The predicted molar refractivity (Wildman–Crippen MR) is 339 cm³/mol. The molecule has 10 amide bonds. The monoisotopic (exact) mass is 1300 g/mol. The second kappa shape index (κ2) is 30.7. The van der Waals surface area contributed by atoms with Gasteiger partial charge in [0, 0.05) is 85.7 Å². The maximum absolute atomic E-state index is 16.0. The highest BCUT2D eigenvalue weighted by molar-refractivity contribution is 6.00. The number of amides is 10. The molecule has 4 aromatic carbocycles. The number of H-pyrrole nitrogens is 2. The second-order valence-corrected chi connectivity index (χ2v) is 24.3. The zero-order valence-electron chi connectivity index (χ0n) is 52.7. The molecule has 2 fully saturated rings. The van der Waals surface area contributed by atoms with E-state index in [-0.39, 0.29) is 83.4 Å². The molecule has 0 radical (unpaired) electrons. The van der Waals surface area contributed by atoms with Gasteiger partial charge in [0.05, 0.1) is 20.2 Å². The SMILES string of the molecule is CC[C@@H]1NC(=O)[C@@H]2C[C@H](F)CN2C(=O)[C@H](Cc2c[nH]c3ccc(F)cc23)NC(=O)[C@H](Cc2c[nH]c3ccc(F)cc23)NC(=O)[C@@H](C)NC(=O)CCCCC(=O)NCCOc2ccc(cc2)C[C@@H](C(N)=O)NC(=O)[C@]2(C)CCCN2C(=O)[C@H](Cc2ccc(OC)cc2)NC1=O. The number of ether oxygens (including phenoxy) is 2. The summed E-state index contributed by atoms with van der Waals surface area (Å²) in [6.45, 7) is 4.18. The average Bonchev–Trinajstić information content (AvgIpc) is 1.59. The highest BCUT2D eigenvalue weighted by Crippen LogP contribution is 2.32. The van der Waals surface area contributed by atoms with E-state index in [2.05, 4.69) is 47.2 Å². The minimum Gasteiger partial charge on any atom is -0.497 e. The average molecular weight is 1300 g/mol. The van der Waals surface area contributed by atoms with Gasteiger partial charge in [0.2, 0.25) is 59.1 Å². The molecule has 0 aliphatic carbocycles. The minimum atomic E-state index is -1.80. The highest BCUT2D eigenvalue weighted by atomic mass is 19.1. The van der Waals surface area contributed by atoms with E-state index in [0.29, 0.717) is 68.4 Å². The van der Waals surface area contributed by atoms with Gasteiger partial charge in [0.1, 0.15) is 83.7 Å². The lowest BCUT2D eigenvalue weighted by atomic mass is 9.94. The smallest absolute Gasteiger partial charge is 0.246 e. The lowest BCUT2D eigenvalue weighted by molar-refractivity contribution is -0.147. The number of hydrogen-bond acceptors (Lipinski definition) is 12. The molecule has 9 atom stereocenters. The van der Waals surface area contributed by atoms with Crippen LogP contribution in [0.5, 0.6) is 11.5 Å². The summed E-state index contributed by atoms with van der Waals surface area (Å²) >= 11 is 0. The van der Waals surface area contributed by atoms with E-state index in [9.17, 15) is 42.3 Å². The predicted octanol–water partition coefficient (Wildman–Crippen LogP) is 3.42. The molecule has 0 spiro atoms. The van der Waals surface area contributed by atoms with Crippen LogP contribution in [0.4, 0.5) is 13.2 Å². The number of benzene rings is 4. The van der Waals surface area contributed by atoms with E-state index in [1.807, 2.05) is 0 Å². The molecule has 10 rings (SSSR count). The van der Waals surface area contributed by atoms with Crippen LogP contribution in [0.15, 0.2) is 97.3 Å². The Bertz CT molecular complexity index is 3790. The van der Waals surface area contributed by atoms with Gasteiger partial charge in [-0.05, 0) is 129 Å². The summed E-state index contributed by atoms with van der Waals surface area (Å²) in [5.41, 5.74) is 7.14. The van der Waals surface area contributed by atoms with Gasteiger partial charge in [-0.1, -0.05) is 31.2 Å². The van der Waals surface area contributed by atoms with Crippen LogP contribution in [-0.2, 0) is 73.6 Å². The number of aromatic amines is 2. The third-order valence-electron chi connectivity index (χ3n) is 17.6. The molecule has 4 aliphatic rings. The fourth-order valence-corrected chi connectivity index (χ4v) is 12.3. The number of nitrogens with zero attached hydrogens (tertiary/aromatic N) is 2. The number of methoxy groups -OCH3 is 1. The Morgan fingerprint density at radius 3 is 1.88 bits per heavy atom. The van der Waals surface area contributed by atoms with Crippen molar-refractivity contribution in [1.29, 1.82) is 0 Å². The first kappa shape index (κ1) is 68.4. The van der Waals surface area contributed by atoms with E-state index < -0.39 is 132 Å². The maximum atomic E-state index is 16.0. The molecule has 94 heavy (non-hydrogen) atoms. The van der Waals surface area contributed by atoms with Crippen molar-refractivity contribution in [2.24, 2.45) is 5.73 Å². The molecular formula is C67H79F3N12O12. The molecule has 500 valence electrons. The van der Waals surface area contributed by atoms with E-state index >= 15 is 18.8 Å². The number of halogens is 3. The third kappa shape index (κ3) is 16.8. The first-order chi connectivity index (χ1) is 45.0. The summed E-state index contributed by atoms with van der Waals surface area (Å²) in [5, 5.41) is 19.7. The number of fused-ring (bicyclic) bond motifs is 31. The van der Waals surface area contributed by atoms with Gasteiger partial charge in [0.15, 0.2) is 0 Å². The summed E-state index contributed by atoms with van der Waals surface area (Å²) in [6, 6.07) is 11.1. The molecular weight excluding hydrogens is 1220 g/mol. The maximum Gasteiger partial charge on any atom is 0.246 e. The van der Waals surface area contributed by atoms with Crippen molar-refractivity contribution in [2.45, 2.75) is 152 Å². The van der Waals surface area contributed by atoms with Gasteiger partial charge >= 0.3 is 0 Å². The van der Waals surface area contributed by atoms with E-state index in [0.717, 1.165) is 4.90 Å². The molecule has 2 saturated heterocycles. The number of hydrogen-bond donors (Lipinski definition) is 10. The molecule has 2 aromatic heterocycles. The Kier molecular flexibility index (Phi) is 22.3. The van der Waals surface area contributed by atoms with Crippen LogP contribution in [0.3, 0.4) is 0 Å². The number of nitrogens with two attached hydrogens (primary N) is 1. The Hall–Kier alpha value is -9.95. The number of alkyl halides is 1. The van der Waals surface area contributed by atoms with Gasteiger partial charge in [-0.2, -0.15) is 0 Å². The first-order valence-corrected chi connectivity index (χ1v) is 31.5. The van der Waals surface area contributed by atoms with Crippen LogP contribution in [-0.4, -0.2) is 166 Å². The fraction of sp³-hybridized carbons (Fsp3) is 0.433. The van der Waals surface area contributed by atoms with Gasteiger partial charge in [0.25, 0.3) is 0 Å². The topological polar surface area (TPSA) is 337 Å². The van der Waals surface area contributed by atoms with Crippen molar-refractivity contribution in [3.63, 3.8) is 0 Å². The molecule has 0 saturated carbocycles. The lowest BCUT2D eigenvalue weighted by Crippen LogP contribution is -2.63. The normalized spacial score (nSPS) is 24.9. The van der Waals surface area contributed by atoms with Crippen LogP contribution in [0.25, 0.3) is 21.8 Å². The first-order valence-electron chi connectivity index (χ1n) is 31.5. The van der Waals surface area contributed by atoms with Crippen LogP contribution < -0.4 is 52.4 Å². The number of nitrogens with one attached hydrogen (secondary N) is 9. The Morgan fingerprint density at radius 2 is 1.27 bits per heavy atom. The van der Waals surface area contributed by atoms with Crippen LogP contribution in [0, 0.1) is 11.6 Å². The quantitative estimate of drug-likeness (QED) is 0.0932. The molecule has 4 aliphatic heterocycles. The van der Waals surface area contributed by atoms with Crippen molar-refractivity contribution < 1.29 is 70.6 Å². The highest BCUT2D eigenvalue weighted by Gasteiger charge is 2.49. The lowest BCUT2D eigenvalue weighted by Gasteiger charge is -2.37. The van der Waals surface area contributed by atoms with Crippen molar-refractivity contribution in [3.05, 3.63) is 131 Å². The van der Waals surface area contributed by atoms with Crippen LogP contribution in [0.1, 0.15) is 94.4 Å². The van der Waals surface area contributed by atoms with Gasteiger partial charge < -0.3 is 72.2 Å². The molecule has 24 nitrogen and oxygen atoms in total. The number of carbonyl (C=O) groups excluding carboxylic acids is 10. The summed E-state index contributed by atoms with van der Waals surface area (Å²) in [6.07, 6.45) is 0.857. The second-order valence-electron chi connectivity index (χ2n) is 24.3. The van der Waals surface area contributed by atoms with E-state index in [1.165, 1.54) is 67.7 Å². The Balaban J connectivity index is 1.02. The number of aromatic nitrogens is 2. The van der Waals surface area contributed by atoms with Crippen LogP contribution in [0.2, 0.25) is 0 Å². The minimum absolute atomic E-state index is 0.0284. The summed E-state index contributed by atoms with van der Waals surface area (Å²) in [4.78, 5) is 151. The van der Waals surface area contributed by atoms with E-state index in [1.54, 1.807) is 62.4 Å². The number of carbonyl (C=O) groups is 10. The largest absolute Gasteiger partial charge is 0.497 e. The molecule has 6 heterocycles. The number of primary amides is 1. The third-order valence-corrected chi connectivity index (χ3v) is 17.6. The molecule has 0 unspecified atom stereocenters. The van der Waals surface area contributed by atoms with Crippen molar-refractivity contribution in [3.8, 4) is 11.5 Å². The van der Waals surface area contributed by atoms with E-state index in [4.69, 9.17) is 15.2 Å².